The second kappa shape index (κ2) is 6.64. The molecule has 0 aliphatic carbocycles. The van der Waals surface area contributed by atoms with Crippen LogP contribution in [0.4, 0.5) is 0 Å². The summed E-state index contributed by atoms with van der Waals surface area (Å²) in [6.07, 6.45) is 5.51. The summed E-state index contributed by atoms with van der Waals surface area (Å²) in [5, 5.41) is 0. The predicted molar refractivity (Wildman–Crippen MR) is 72.8 cm³/mol. The summed E-state index contributed by atoms with van der Waals surface area (Å²) in [5.74, 6) is 0. The average molecular weight is 228 g/mol. The van der Waals surface area contributed by atoms with E-state index in [4.69, 9.17) is 4.74 Å². The molecule has 0 amide bonds. The molecule has 0 fully saturated rings. The normalized spacial score (nSPS) is 15.2. The van der Waals surface area contributed by atoms with Crippen molar-refractivity contribution in [1.29, 1.82) is 0 Å². The largest absolute Gasteiger partial charge is 0.377 e. The van der Waals surface area contributed by atoms with Crippen molar-refractivity contribution in [1.82, 2.24) is 0 Å². The molecule has 0 saturated heterocycles. The maximum atomic E-state index is 6.12. The van der Waals surface area contributed by atoms with E-state index in [1.165, 1.54) is 25.7 Å². The van der Waals surface area contributed by atoms with Crippen LogP contribution in [0.2, 0.25) is 0 Å². The van der Waals surface area contributed by atoms with Gasteiger partial charge in [-0.15, -0.1) is 0 Å². The highest BCUT2D eigenvalue weighted by atomic mass is 16.5. The smallest absolute Gasteiger partial charge is 0.0623 e. The van der Waals surface area contributed by atoms with E-state index in [1.807, 2.05) is 0 Å². The van der Waals surface area contributed by atoms with Crippen LogP contribution in [0, 0.1) is 10.8 Å². The van der Waals surface area contributed by atoms with Gasteiger partial charge in [-0.3, -0.25) is 0 Å². The summed E-state index contributed by atoms with van der Waals surface area (Å²) in [7, 11) is 0. The number of ether oxygens (including phenoxy) is 1. The van der Waals surface area contributed by atoms with Gasteiger partial charge in [-0.2, -0.15) is 0 Å². The van der Waals surface area contributed by atoms with Crippen molar-refractivity contribution in [2.24, 2.45) is 10.8 Å². The first-order valence-corrected chi connectivity index (χ1v) is 6.78. The van der Waals surface area contributed by atoms with Gasteiger partial charge in [0, 0.05) is 0 Å². The molecule has 0 bridgehead atoms. The Kier molecular flexibility index (Phi) is 6.62. The van der Waals surface area contributed by atoms with Crippen LogP contribution in [-0.2, 0) is 4.74 Å². The first kappa shape index (κ1) is 16.0. The summed E-state index contributed by atoms with van der Waals surface area (Å²) >= 11 is 0. The van der Waals surface area contributed by atoms with E-state index in [0.717, 1.165) is 6.61 Å². The standard InChI is InChI=1S/C15H32O/c1-8-9-10-11-13(15(5,6)7)16-12-14(2,3)4/h13H,8-12H2,1-7H3. The Bertz CT molecular complexity index is 171. The lowest BCUT2D eigenvalue weighted by atomic mass is 9.85. The van der Waals surface area contributed by atoms with Crippen LogP contribution >= 0.6 is 0 Å². The molecule has 0 heterocycles. The number of hydrogen-bond acceptors (Lipinski definition) is 1. The first-order chi connectivity index (χ1) is 7.17. The van der Waals surface area contributed by atoms with Crippen molar-refractivity contribution in [2.75, 3.05) is 6.61 Å². The van der Waals surface area contributed by atoms with Crippen LogP contribution in [-0.4, -0.2) is 12.7 Å². The maximum Gasteiger partial charge on any atom is 0.0623 e. The van der Waals surface area contributed by atoms with Gasteiger partial charge in [0.05, 0.1) is 12.7 Å². The fourth-order valence-corrected chi connectivity index (χ4v) is 1.70. The third-order valence-electron chi connectivity index (χ3n) is 2.75. The van der Waals surface area contributed by atoms with Gasteiger partial charge >= 0.3 is 0 Å². The molecule has 1 unspecified atom stereocenters. The van der Waals surface area contributed by atoms with E-state index in [-0.39, 0.29) is 10.8 Å². The summed E-state index contributed by atoms with van der Waals surface area (Å²) in [4.78, 5) is 0. The molecule has 0 saturated carbocycles. The summed E-state index contributed by atoms with van der Waals surface area (Å²) < 4.78 is 6.12. The molecule has 1 atom stereocenters. The van der Waals surface area contributed by atoms with E-state index >= 15 is 0 Å². The Balaban J connectivity index is 4.12. The molecule has 0 aliphatic rings. The van der Waals surface area contributed by atoms with Gasteiger partial charge in [-0.25, -0.2) is 0 Å². The fourth-order valence-electron chi connectivity index (χ4n) is 1.70. The second-order valence-corrected chi connectivity index (χ2v) is 7.22. The molecule has 0 spiro atoms. The van der Waals surface area contributed by atoms with Crippen molar-refractivity contribution in [3.05, 3.63) is 0 Å². The Labute approximate surface area is 103 Å². The van der Waals surface area contributed by atoms with Gasteiger partial charge in [-0.05, 0) is 17.3 Å². The summed E-state index contributed by atoms with van der Waals surface area (Å²) in [5.41, 5.74) is 0.535. The highest BCUT2D eigenvalue weighted by Crippen LogP contribution is 2.28. The zero-order chi connectivity index (χ0) is 12.8. The van der Waals surface area contributed by atoms with Crippen LogP contribution in [0.1, 0.15) is 74.1 Å². The van der Waals surface area contributed by atoms with Gasteiger partial charge < -0.3 is 4.74 Å². The third kappa shape index (κ3) is 8.15. The maximum absolute atomic E-state index is 6.12. The van der Waals surface area contributed by atoms with Crippen LogP contribution in [0.15, 0.2) is 0 Å². The van der Waals surface area contributed by atoms with Gasteiger partial charge in [0.15, 0.2) is 0 Å². The Morgan fingerprint density at radius 1 is 0.938 bits per heavy atom. The molecule has 1 heteroatoms. The molecule has 0 aliphatic heterocycles. The molecular formula is C15H32O. The molecule has 0 rings (SSSR count). The lowest BCUT2D eigenvalue weighted by Gasteiger charge is -2.33. The van der Waals surface area contributed by atoms with E-state index in [0.29, 0.717) is 6.10 Å². The van der Waals surface area contributed by atoms with Crippen LogP contribution in [0.3, 0.4) is 0 Å². The minimum absolute atomic E-state index is 0.263. The van der Waals surface area contributed by atoms with Crippen molar-refractivity contribution >= 4 is 0 Å². The highest BCUT2D eigenvalue weighted by Gasteiger charge is 2.26. The van der Waals surface area contributed by atoms with Gasteiger partial charge in [0.2, 0.25) is 0 Å². The lowest BCUT2D eigenvalue weighted by Crippen LogP contribution is -2.32. The van der Waals surface area contributed by atoms with Crippen molar-refractivity contribution in [3.8, 4) is 0 Å². The van der Waals surface area contributed by atoms with E-state index in [1.54, 1.807) is 0 Å². The molecule has 16 heavy (non-hydrogen) atoms. The lowest BCUT2D eigenvalue weighted by molar-refractivity contribution is -0.0522. The molecule has 0 aromatic heterocycles. The fraction of sp³-hybridized carbons (Fsp3) is 1.00. The Hall–Kier alpha value is -0.0400. The third-order valence-corrected chi connectivity index (χ3v) is 2.75. The summed E-state index contributed by atoms with van der Waals surface area (Å²) in [6, 6.07) is 0. The van der Waals surface area contributed by atoms with Crippen molar-refractivity contribution in [2.45, 2.75) is 80.3 Å². The second-order valence-electron chi connectivity index (χ2n) is 7.22. The first-order valence-electron chi connectivity index (χ1n) is 6.78. The number of hydrogen-bond donors (Lipinski definition) is 0. The minimum atomic E-state index is 0.263. The van der Waals surface area contributed by atoms with E-state index < -0.39 is 0 Å². The summed E-state index contributed by atoms with van der Waals surface area (Å²) in [6.45, 7) is 16.7. The SMILES string of the molecule is CCCCCC(OCC(C)(C)C)C(C)(C)C. The van der Waals surface area contributed by atoms with Gasteiger partial charge in [0.25, 0.3) is 0 Å². The number of rotatable bonds is 6. The Morgan fingerprint density at radius 2 is 1.50 bits per heavy atom. The average Bonchev–Trinajstić information content (AvgIpc) is 2.07. The quantitative estimate of drug-likeness (QED) is 0.578. The predicted octanol–water partition coefficient (Wildman–Crippen LogP) is 5.04. The van der Waals surface area contributed by atoms with Crippen LogP contribution < -0.4 is 0 Å². The molecule has 1 nitrogen and oxygen atoms in total. The zero-order valence-electron chi connectivity index (χ0n) is 12.5. The molecule has 0 N–H and O–H groups in total. The molecule has 98 valence electrons. The minimum Gasteiger partial charge on any atom is -0.377 e. The number of unbranched alkanes of at least 4 members (excludes halogenated alkanes) is 2. The van der Waals surface area contributed by atoms with Crippen molar-refractivity contribution in [3.63, 3.8) is 0 Å². The Morgan fingerprint density at radius 3 is 1.88 bits per heavy atom. The van der Waals surface area contributed by atoms with Gasteiger partial charge in [0.1, 0.15) is 0 Å². The van der Waals surface area contributed by atoms with Crippen LogP contribution in [0.25, 0.3) is 0 Å². The topological polar surface area (TPSA) is 9.23 Å². The highest BCUT2D eigenvalue weighted by molar-refractivity contribution is 4.75. The van der Waals surface area contributed by atoms with Gasteiger partial charge in [-0.1, -0.05) is 67.7 Å². The van der Waals surface area contributed by atoms with E-state index in [9.17, 15) is 0 Å². The molecule has 0 aromatic rings. The van der Waals surface area contributed by atoms with Crippen molar-refractivity contribution < 1.29 is 4.74 Å². The molecule has 0 radical (unpaired) electrons. The molecule has 0 aromatic carbocycles. The van der Waals surface area contributed by atoms with Crippen LogP contribution in [0.5, 0.6) is 0 Å². The zero-order valence-corrected chi connectivity index (χ0v) is 12.5. The monoisotopic (exact) mass is 228 g/mol. The van der Waals surface area contributed by atoms with E-state index in [2.05, 4.69) is 48.5 Å². The molecular weight excluding hydrogens is 196 g/mol.